The summed E-state index contributed by atoms with van der Waals surface area (Å²) in [5.74, 6) is 0.145. The average molecular weight is 746 g/mol. The van der Waals surface area contributed by atoms with Crippen molar-refractivity contribution in [3.8, 4) is 22.9 Å². The predicted molar refractivity (Wildman–Crippen MR) is 205 cm³/mol. The fraction of sp³-hybridized carbons (Fsp3) is 0.415. The number of benzene rings is 3. The van der Waals surface area contributed by atoms with E-state index in [0.29, 0.717) is 57.4 Å². The highest BCUT2D eigenvalue weighted by Crippen LogP contribution is 2.38. The number of hydrogen-bond donors (Lipinski definition) is 2. The van der Waals surface area contributed by atoms with Crippen LogP contribution >= 0.6 is 0 Å². The van der Waals surface area contributed by atoms with E-state index in [4.69, 9.17) is 14.5 Å². The van der Waals surface area contributed by atoms with Crippen LogP contribution < -0.4 is 30.1 Å². The van der Waals surface area contributed by atoms with Gasteiger partial charge in [0.05, 0.1) is 30.9 Å². The normalized spacial score (nSPS) is 23.1. The van der Waals surface area contributed by atoms with Gasteiger partial charge in [-0.2, -0.15) is 0 Å². The zero-order chi connectivity index (χ0) is 38.0. The molecule has 0 radical (unpaired) electrons. The Morgan fingerprint density at radius 1 is 0.782 bits per heavy atom. The first-order valence-electron chi connectivity index (χ1n) is 19.1. The van der Waals surface area contributed by atoms with Crippen molar-refractivity contribution in [1.29, 1.82) is 0 Å². The molecule has 4 aromatic rings. The number of anilines is 2. The Balaban J connectivity index is 0.811. The van der Waals surface area contributed by atoms with Crippen molar-refractivity contribution in [3.63, 3.8) is 0 Å². The molecule has 5 saturated heterocycles. The number of methoxy groups -OCH3 is 2. The van der Waals surface area contributed by atoms with Gasteiger partial charge in [0, 0.05) is 80.3 Å². The first-order valence-corrected chi connectivity index (χ1v) is 19.1. The first-order chi connectivity index (χ1) is 26.7. The number of piperazine rings is 1. The van der Waals surface area contributed by atoms with E-state index in [1.54, 1.807) is 25.3 Å². The van der Waals surface area contributed by atoms with E-state index in [-0.39, 0.29) is 24.3 Å². The van der Waals surface area contributed by atoms with Crippen molar-refractivity contribution in [2.45, 2.75) is 56.7 Å². The number of fused-ring (bicyclic) bond motifs is 5. The van der Waals surface area contributed by atoms with Crippen LogP contribution in [0.4, 0.5) is 11.4 Å². The molecule has 284 valence electrons. The van der Waals surface area contributed by atoms with Gasteiger partial charge in [0.1, 0.15) is 28.8 Å². The summed E-state index contributed by atoms with van der Waals surface area (Å²) < 4.78 is 10.8. The molecular weight excluding hydrogens is 702 g/mol. The van der Waals surface area contributed by atoms with Crippen LogP contribution in [0.2, 0.25) is 0 Å². The molecule has 10 rings (SSSR count). The number of nitrogens with zero attached hydrogens (tertiary/aromatic N) is 5. The summed E-state index contributed by atoms with van der Waals surface area (Å²) in [6.45, 7) is 4.84. The molecule has 14 nitrogen and oxygen atoms in total. The number of imide groups is 2. The Morgan fingerprint density at radius 3 is 2.24 bits per heavy atom. The summed E-state index contributed by atoms with van der Waals surface area (Å²) in [7, 11) is 3.09. The van der Waals surface area contributed by atoms with Crippen LogP contribution in [0.3, 0.4) is 0 Å². The number of ether oxygens (including phenoxy) is 2. The maximum absolute atomic E-state index is 13.5. The molecule has 55 heavy (non-hydrogen) atoms. The number of H-pyrrole nitrogens is 1. The van der Waals surface area contributed by atoms with E-state index in [1.807, 2.05) is 24.3 Å². The van der Waals surface area contributed by atoms with Gasteiger partial charge in [0.15, 0.2) is 0 Å². The fourth-order valence-electron chi connectivity index (χ4n) is 9.26. The molecule has 1 aromatic heterocycles. The Kier molecular flexibility index (Phi) is 8.79. The number of carbonyl (C=O) groups excluding carboxylic acids is 4. The minimum atomic E-state index is -0.969. The van der Waals surface area contributed by atoms with E-state index in [0.717, 1.165) is 80.2 Å². The predicted octanol–water partition coefficient (Wildman–Crippen LogP) is 3.58. The molecule has 0 saturated carbocycles. The standard InChI is InChI=1S/C41H43N7O7/c1-54-29-18-32-36(34(19-29)55-2)39(51)44-37(42-32)24-3-5-25(6-4-24)45-15-13-23(14-16-45)20-46-21-28-8-7-27(46)22-47(28)26-9-10-30-31(17-26)41(53)48(40(30)52)33-11-12-35(49)43-38(33)50/h3-6,9-10,17-19,23,27-28,33H,7-8,11-16,20-22H2,1-2H3,(H,42,44,51)(H,43,49,50). The maximum atomic E-state index is 13.5. The molecule has 14 heteroatoms. The Labute approximate surface area is 317 Å². The largest absolute Gasteiger partial charge is 0.497 e. The minimum Gasteiger partial charge on any atom is -0.497 e. The van der Waals surface area contributed by atoms with Crippen LogP contribution in [-0.2, 0) is 9.59 Å². The zero-order valence-corrected chi connectivity index (χ0v) is 30.9. The van der Waals surface area contributed by atoms with Gasteiger partial charge in [0.25, 0.3) is 17.4 Å². The van der Waals surface area contributed by atoms with Gasteiger partial charge in [-0.15, -0.1) is 0 Å². The van der Waals surface area contributed by atoms with Crippen LogP contribution in [-0.4, -0.2) is 108 Å². The molecule has 0 spiro atoms. The van der Waals surface area contributed by atoms with Gasteiger partial charge >= 0.3 is 0 Å². The highest BCUT2D eigenvalue weighted by atomic mass is 16.5. The number of piperidine rings is 4. The molecule has 6 aliphatic rings. The second-order valence-electron chi connectivity index (χ2n) is 15.3. The molecule has 3 aromatic carbocycles. The van der Waals surface area contributed by atoms with Gasteiger partial charge < -0.3 is 24.3 Å². The lowest BCUT2D eigenvalue weighted by molar-refractivity contribution is -0.136. The molecular formula is C41H43N7O7. The summed E-state index contributed by atoms with van der Waals surface area (Å²) in [4.78, 5) is 80.0. The molecule has 5 fully saturated rings. The molecule has 4 amide bonds. The molecule has 6 aliphatic heterocycles. The topological polar surface area (TPSA) is 157 Å². The van der Waals surface area contributed by atoms with Crippen LogP contribution in [0.25, 0.3) is 22.3 Å². The fourth-order valence-corrected chi connectivity index (χ4v) is 9.26. The zero-order valence-electron chi connectivity index (χ0n) is 30.9. The Bertz CT molecular complexity index is 2280. The first kappa shape index (κ1) is 35.0. The van der Waals surface area contributed by atoms with Crippen LogP contribution in [0.15, 0.2) is 59.4 Å². The van der Waals surface area contributed by atoms with E-state index < -0.39 is 23.8 Å². The summed E-state index contributed by atoms with van der Waals surface area (Å²) >= 11 is 0. The van der Waals surface area contributed by atoms with Crippen LogP contribution in [0.1, 0.15) is 59.2 Å². The van der Waals surface area contributed by atoms with E-state index in [2.05, 4.69) is 37.1 Å². The van der Waals surface area contributed by atoms with Crippen molar-refractivity contribution in [3.05, 3.63) is 76.1 Å². The number of hydrogen-bond acceptors (Lipinski definition) is 11. The summed E-state index contributed by atoms with van der Waals surface area (Å²) in [6.07, 6.45) is 4.66. The summed E-state index contributed by atoms with van der Waals surface area (Å²) in [5.41, 5.74) is 3.78. The lowest BCUT2D eigenvalue weighted by Gasteiger charge is -2.53. The molecule has 3 atom stereocenters. The highest BCUT2D eigenvalue weighted by molar-refractivity contribution is 6.23. The molecule has 2 N–H and O–H groups in total. The Hall–Kier alpha value is -5.76. The lowest BCUT2D eigenvalue weighted by atomic mass is 9.87. The third kappa shape index (κ3) is 6.18. The lowest BCUT2D eigenvalue weighted by Crippen LogP contribution is -2.63. The second-order valence-corrected chi connectivity index (χ2v) is 15.3. The highest BCUT2D eigenvalue weighted by Gasteiger charge is 2.46. The van der Waals surface area contributed by atoms with Gasteiger partial charge in [0.2, 0.25) is 11.8 Å². The van der Waals surface area contributed by atoms with Gasteiger partial charge in [-0.25, -0.2) is 4.98 Å². The third-order valence-electron chi connectivity index (χ3n) is 12.2. The number of nitrogens with one attached hydrogen (secondary N) is 2. The molecule has 7 heterocycles. The van der Waals surface area contributed by atoms with Crippen molar-refractivity contribution in [2.75, 3.05) is 56.7 Å². The average Bonchev–Trinajstić information content (AvgIpc) is 3.45. The second kappa shape index (κ2) is 13.8. The third-order valence-corrected chi connectivity index (χ3v) is 12.2. The number of carbonyl (C=O) groups is 4. The van der Waals surface area contributed by atoms with Crippen molar-refractivity contribution in [2.24, 2.45) is 5.92 Å². The van der Waals surface area contributed by atoms with Gasteiger partial charge in [-0.3, -0.25) is 39.1 Å². The van der Waals surface area contributed by atoms with Gasteiger partial charge in [-0.05, 0) is 80.5 Å². The number of rotatable bonds is 8. The van der Waals surface area contributed by atoms with Gasteiger partial charge in [-0.1, -0.05) is 0 Å². The van der Waals surface area contributed by atoms with E-state index in [1.165, 1.54) is 7.11 Å². The summed E-state index contributed by atoms with van der Waals surface area (Å²) in [5, 5.41) is 2.65. The number of aromatic amines is 1. The number of aromatic nitrogens is 2. The maximum Gasteiger partial charge on any atom is 0.262 e. The SMILES string of the molecule is COc1cc(OC)c2c(=O)[nH]c(-c3ccc(N4CCC(CN5CC6CCC5CN6c5ccc6c(c5)C(=O)N(C5CCC(=O)NC5=O)C6=O)CC4)cc3)nc2c1. The van der Waals surface area contributed by atoms with Crippen LogP contribution in [0.5, 0.6) is 11.5 Å². The quantitative estimate of drug-likeness (QED) is 0.254. The van der Waals surface area contributed by atoms with Crippen LogP contribution in [0, 0.1) is 5.92 Å². The monoisotopic (exact) mass is 745 g/mol. The molecule has 2 bridgehead atoms. The molecule has 3 unspecified atom stereocenters. The van der Waals surface area contributed by atoms with Crippen molar-refractivity contribution >= 4 is 45.9 Å². The van der Waals surface area contributed by atoms with E-state index in [9.17, 15) is 24.0 Å². The smallest absolute Gasteiger partial charge is 0.262 e. The molecule has 0 aliphatic carbocycles. The van der Waals surface area contributed by atoms with Crippen molar-refractivity contribution < 1.29 is 28.7 Å². The Morgan fingerprint density at radius 2 is 1.53 bits per heavy atom. The minimum absolute atomic E-state index is 0.0969. The summed E-state index contributed by atoms with van der Waals surface area (Å²) in [6, 6.07) is 16.8. The number of amides is 4. The van der Waals surface area contributed by atoms with Crippen molar-refractivity contribution in [1.82, 2.24) is 25.1 Å². The van der Waals surface area contributed by atoms with E-state index >= 15 is 0 Å².